The average Bonchev–Trinajstić information content (AvgIpc) is 2.63. The molecule has 0 bridgehead atoms. The molecule has 0 saturated carbocycles. The van der Waals surface area contributed by atoms with Crippen molar-refractivity contribution >= 4 is 43.0 Å². The molecule has 1 aromatic rings. The minimum Gasteiger partial charge on any atom is -0.348 e. The molecule has 1 N–H and O–H groups in total. The second kappa shape index (κ2) is 5.07. The summed E-state index contributed by atoms with van der Waals surface area (Å²) in [5, 5.41) is 4.60. The molecule has 1 amide bonds. The molecule has 2 heterocycles. The number of thiophene rings is 1. The normalized spacial score (nSPS) is 23.2. The molecule has 1 saturated heterocycles. The van der Waals surface area contributed by atoms with Crippen LogP contribution in [0.5, 0.6) is 0 Å². The fourth-order valence-electron chi connectivity index (χ4n) is 1.83. The number of amides is 1. The van der Waals surface area contributed by atoms with Crippen molar-refractivity contribution in [2.45, 2.75) is 18.9 Å². The molecule has 17 heavy (non-hydrogen) atoms. The van der Waals surface area contributed by atoms with Crippen molar-refractivity contribution < 1.29 is 13.2 Å². The monoisotopic (exact) mass is 337 g/mol. The van der Waals surface area contributed by atoms with Gasteiger partial charge in [-0.05, 0) is 34.8 Å². The third-order valence-corrected chi connectivity index (χ3v) is 6.10. The van der Waals surface area contributed by atoms with Crippen molar-refractivity contribution in [3.8, 4) is 0 Å². The largest absolute Gasteiger partial charge is 0.348 e. The molecule has 0 radical (unpaired) electrons. The lowest BCUT2D eigenvalue weighted by atomic mass is 10.2. The van der Waals surface area contributed by atoms with Gasteiger partial charge in [0, 0.05) is 15.9 Å². The molecule has 0 aliphatic carbocycles. The highest BCUT2D eigenvalue weighted by Crippen LogP contribution is 2.20. The Morgan fingerprint density at radius 1 is 1.53 bits per heavy atom. The number of hydrogen-bond acceptors (Lipinski definition) is 4. The van der Waals surface area contributed by atoms with E-state index in [0.29, 0.717) is 11.3 Å². The van der Waals surface area contributed by atoms with Crippen LogP contribution in [0.1, 0.15) is 22.5 Å². The van der Waals surface area contributed by atoms with Crippen LogP contribution in [0.15, 0.2) is 15.9 Å². The molecule has 1 atom stereocenters. The second-order valence-corrected chi connectivity index (χ2v) is 8.11. The van der Waals surface area contributed by atoms with Crippen molar-refractivity contribution in [2.75, 3.05) is 11.5 Å². The number of carbonyl (C=O) groups is 1. The van der Waals surface area contributed by atoms with Crippen molar-refractivity contribution in [2.24, 2.45) is 0 Å². The van der Waals surface area contributed by atoms with E-state index in [1.54, 1.807) is 6.07 Å². The number of carbonyl (C=O) groups excluding carboxylic acids is 1. The molecule has 2 rings (SSSR count). The Hall–Kier alpha value is -0.400. The summed E-state index contributed by atoms with van der Waals surface area (Å²) in [4.78, 5) is 12.4. The number of nitrogens with one attached hydrogen (secondary N) is 1. The van der Waals surface area contributed by atoms with Gasteiger partial charge in [0.15, 0.2) is 9.84 Å². The Kier molecular flexibility index (Phi) is 3.89. The van der Waals surface area contributed by atoms with E-state index in [4.69, 9.17) is 0 Å². The van der Waals surface area contributed by atoms with E-state index in [2.05, 4.69) is 21.2 Å². The first-order valence-electron chi connectivity index (χ1n) is 5.21. The lowest BCUT2D eigenvalue weighted by Crippen LogP contribution is -2.42. The van der Waals surface area contributed by atoms with Crippen LogP contribution in [-0.4, -0.2) is 31.9 Å². The highest BCUT2D eigenvalue weighted by atomic mass is 79.9. The number of rotatable bonds is 2. The molecule has 7 heteroatoms. The van der Waals surface area contributed by atoms with Crippen LogP contribution in [0.3, 0.4) is 0 Å². The minimum atomic E-state index is -2.98. The maximum atomic E-state index is 11.8. The van der Waals surface area contributed by atoms with Crippen LogP contribution in [0.4, 0.5) is 0 Å². The van der Waals surface area contributed by atoms with E-state index in [-0.39, 0.29) is 23.5 Å². The van der Waals surface area contributed by atoms with Gasteiger partial charge in [0.1, 0.15) is 0 Å². The SMILES string of the molecule is O=C(NC1CCCS(=O)(=O)C1)c1cc(Br)cs1. The van der Waals surface area contributed by atoms with Crippen LogP contribution in [0.2, 0.25) is 0 Å². The summed E-state index contributed by atoms with van der Waals surface area (Å²) >= 11 is 4.62. The predicted molar refractivity (Wildman–Crippen MR) is 71.2 cm³/mol. The van der Waals surface area contributed by atoms with Gasteiger partial charge >= 0.3 is 0 Å². The zero-order valence-electron chi connectivity index (χ0n) is 8.98. The van der Waals surface area contributed by atoms with Crippen LogP contribution in [0.25, 0.3) is 0 Å². The Morgan fingerprint density at radius 3 is 2.88 bits per heavy atom. The van der Waals surface area contributed by atoms with Gasteiger partial charge in [-0.3, -0.25) is 4.79 Å². The zero-order valence-corrected chi connectivity index (χ0v) is 12.2. The molecule has 1 aromatic heterocycles. The molecular weight excluding hydrogens is 326 g/mol. The lowest BCUT2D eigenvalue weighted by molar-refractivity contribution is 0.0942. The third-order valence-electron chi connectivity index (χ3n) is 2.59. The molecule has 94 valence electrons. The molecule has 1 aliphatic rings. The van der Waals surface area contributed by atoms with Crippen molar-refractivity contribution in [1.82, 2.24) is 5.32 Å². The summed E-state index contributed by atoms with van der Waals surface area (Å²) < 4.78 is 23.7. The predicted octanol–water partition coefficient (Wildman–Crippen LogP) is 1.82. The highest BCUT2D eigenvalue weighted by Gasteiger charge is 2.26. The van der Waals surface area contributed by atoms with Gasteiger partial charge in [0.2, 0.25) is 0 Å². The van der Waals surface area contributed by atoms with E-state index in [1.165, 1.54) is 11.3 Å². The van der Waals surface area contributed by atoms with E-state index in [1.807, 2.05) is 5.38 Å². The fraction of sp³-hybridized carbons (Fsp3) is 0.500. The molecule has 1 fully saturated rings. The zero-order chi connectivity index (χ0) is 12.5. The van der Waals surface area contributed by atoms with Gasteiger partial charge in [-0.15, -0.1) is 11.3 Å². The van der Waals surface area contributed by atoms with Gasteiger partial charge in [-0.1, -0.05) is 0 Å². The molecule has 4 nitrogen and oxygen atoms in total. The Bertz CT molecular complexity index is 523. The minimum absolute atomic E-state index is 0.0608. The van der Waals surface area contributed by atoms with Crippen LogP contribution < -0.4 is 5.32 Å². The maximum Gasteiger partial charge on any atom is 0.261 e. The maximum absolute atomic E-state index is 11.8. The van der Waals surface area contributed by atoms with Crippen molar-refractivity contribution in [3.63, 3.8) is 0 Å². The summed E-state index contributed by atoms with van der Waals surface area (Å²) in [6.45, 7) is 0. The summed E-state index contributed by atoms with van der Waals surface area (Å²) in [6.07, 6.45) is 1.36. The van der Waals surface area contributed by atoms with Crippen LogP contribution in [0, 0.1) is 0 Å². The summed E-state index contributed by atoms with van der Waals surface area (Å²) in [7, 11) is -2.98. The van der Waals surface area contributed by atoms with Crippen LogP contribution in [-0.2, 0) is 9.84 Å². The van der Waals surface area contributed by atoms with E-state index >= 15 is 0 Å². The van der Waals surface area contributed by atoms with E-state index < -0.39 is 9.84 Å². The Labute approximate surface area is 112 Å². The van der Waals surface area contributed by atoms with Gasteiger partial charge in [-0.25, -0.2) is 8.42 Å². The topological polar surface area (TPSA) is 63.2 Å². The first kappa shape index (κ1) is 13.0. The molecule has 1 unspecified atom stereocenters. The van der Waals surface area contributed by atoms with Crippen LogP contribution >= 0.6 is 27.3 Å². The Morgan fingerprint density at radius 2 is 2.29 bits per heavy atom. The standard InChI is InChI=1S/C10H12BrNO3S2/c11-7-4-9(16-5-7)10(13)12-8-2-1-3-17(14,15)6-8/h4-5,8H,1-3,6H2,(H,12,13). The molecule has 1 aliphatic heterocycles. The lowest BCUT2D eigenvalue weighted by Gasteiger charge is -2.22. The second-order valence-electron chi connectivity index (χ2n) is 4.06. The molecule has 0 aromatic carbocycles. The summed E-state index contributed by atoms with van der Waals surface area (Å²) in [5.74, 6) is 0.109. The average molecular weight is 338 g/mol. The van der Waals surface area contributed by atoms with Gasteiger partial charge in [0.05, 0.1) is 16.4 Å². The third kappa shape index (κ3) is 3.53. The number of halogens is 1. The summed E-state index contributed by atoms with van der Waals surface area (Å²) in [6, 6.07) is 1.49. The molecule has 0 spiro atoms. The smallest absolute Gasteiger partial charge is 0.261 e. The van der Waals surface area contributed by atoms with E-state index in [0.717, 1.165) is 10.9 Å². The summed E-state index contributed by atoms with van der Waals surface area (Å²) in [5.41, 5.74) is 0. The van der Waals surface area contributed by atoms with Gasteiger partial charge < -0.3 is 5.32 Å². The van der Waals surface area contributed by atoms with E-state index in [9.17, 15) is 13.2 Å². The quantitative estimate of drug-likeness (QED) is 0.895. The van der Waals surface area contributed by atoms with Gasteiger partial charge in [-0.2, -0.15) is 0 Å². The van der Waals surface area contributed by atoms with Crippen molar-refractivity contribution in [1.29, 1.82) is 0 Å². The first-order chi connectivity index (χ1) is 7.96. The first-order valence-corrected chi connectivity index (χ1v) is 8.71. The Balaban J connectivity index is 1.99. The van der Waals surface area contributed by atoms with Gasteiger partial charge in [0.25, 0.3) is 5.91 Å². The highest BCUT2D eigenvalue weighted by molar-refractivity contribution is 9.10. The van der Waals surface area contributed by atoms with Crippen molar-refractivity contribution in [3.05, 3.63) is 20.8 Å². The fourth-order valence-corrected chi connectivity index (χ4v) is 4.79. The number of hydrogen-bond donors (Lipinski definition) is 1. The molecular formula is C10H12BrNO3S2. The number of sulfone groups is 1.